The van der Waals surface area contributed by atoms with E-state index in [0.29, 0.717) is 10.9 Å². The van der Waals surface area contributed by atoms with Gasteiger partial charge in [0.2, 0.25) is 0 Å². The van der Waals surface area contributed by atoms with Crippen LogP contribution in [0.25, 0.3) is 11.3 Å². The van der Waals surface area contributed by atoms with Crippen molar-refractivity contribution in [1.82, 2.24) is 9.78 Å². The Labute approximate surface area is 111 Å². The molecule has 0 aliphatic heterocycles. The molecule has 0 aliphatic carbocycles. The molecular weight excluding hydrogens is 242 g/mol. The largest absolute Gasteiger partial charge is 0.267 e. The van der Waals surface area contributed by atoms with Crippen molar-refractivity contribution >= 4 is 11.8 Å². The average Bonchev–Trinajstić information content (AvgIpc) is 2.71. The van der Waals surface area contributed by atoms with Crippen molar-refractivity contribution in [3.8, 4) is 17.3 Å². The summed E-state index contributed by atoms with van der Waals surface area (Å²) in [6, 6.07) is 12.2. The first-order chi connectivity index (χ1) is 8.60. The van der Waals surface area contributed by atoms with Gasteiger partial charge in [0.15, 0.2) is 5.69 Å². The predicted octanol–water partition coefficient (Wildman–Crippen LogP) is 3.46. The van der Waals surface area contributed by atoms with Gasteiger partial charge in [-0.2, -0.15) is 10.4 Å². The summed E-state index contributed by atoms with van der Waals surface area (Å²) in [6.07, 6.45) is 0. The first kappa shape index (κ1) is 12.7. The lowest BCUT2D eigenvalue weighted by molar-refractivity contribution is 0.771. The third kappa shape index (κ3) is 2.74. The van der Waals surface area contributed by atoms with Gasteiger partial charge in [0.1, 0.15) is 6.07 Å². The number of benzene rings is 1. The summed E-state index contributed by atoms with van der Waals surface area (Å²) in [6.45, 7) is 4.36. The normalized spacial score (nSPS) is 10.6. The molecule has 0 aliphatic rings. The van der Waals surface area contributed by atoms with E-state index in [1.165, 1.54) is 4.90 Å². The van der Waals surface area contributed by atoms with Crippen LogP contribution in [-0.2, 0) is 7.05 Å². The van der Waals surface area contributed by atoms with E-state index in [9.17, 15) is 0 Å². The van der Waals surface area contributed by atoms with E-state index in [0.717, 1.165) is 11.3 Å². The topological polar surface area (TPSA) is 41.6 Å². The van der Waals surface area contributed by atoms with Crippen LogP contribution in [0.2, 0.25) is 0 Å². The van der Waals surface area contributed by atoms with Crippen LogP contribution in [0.15, 0.2) is 35.2 Å². The number of thioether (sulfide) groups is 1. The van der Waals surface area contributed by atoms with Gasteiger partial charge in [0.05, 0.1) is 5.69 Å². The Morgan fingerprint density at radius 3 is 2.44 bits per heavy atom. The number of aryl methyl sites for hydroxylation is 1. The Morgan fingerprint density at radius 1 is 1.28 bits per heavy atom. The van der Waals surface area contributed by atoms with E-state index >= 15 is 0 Å². The molecule has 0 bridgehead atoms. The number of nitrogens with zero attached hydrogens (tertiary/aromatic N) is 3. The molecular formula is C14H15N3S. The second kappa shape index (κ2) is 5.28. The Balaban J connectivity index is 2.29. The Morgan fingerprint density at radius 2 is 1.94 bits per heavy atom. The van der Waals surface area contributed by atoms with Crippen molar-refractivity contribution in [2.75, 3.05) is 0 Å². The lowest BCUT2D eigenvalue weighted by Crippen LogP contribution is -1.93. The van der Waals surface area contributed by atoms with Crippen molar-refractivity contribution in [3.05, 3.63) is 36.0 Å². The summed E-state index contributed by atoms with van der Waals surface area (Å²) in [4.78, 5) is 1.26. The van der Waals surface area contributed by atoms with Crippen molar-refractivity contribution in [2.24, 2.45) is 7.05 Å². The molecule has 18 heavy (non-hydrogen) atoms. The molecule has 0 fully saturated rings. The van der Waals surface area contributed by atoms with Crippen LogP contribution in [0.4, 0.5) is 0 Å². The molecule has 2 rings (SSSR count). The molecule has 0 N–H and O–H groups in total. The molecule has 0 unspecified atom stereocenters. The van der Waals surface area contributed by atoms with E-state index < -0.39 is 0 Å². The van der Waals surface area contributed by atoms with Gasteiger partial charge in [0.25, 0.3) is 0 Å². The van der Waals surface area contributed by atoms with Gasteiger partial charge in [-0.25, -0.2) is 0 Å². The molecule has 3 nitrogen and oxygen atoms in total. The van der Waals surface area contributed by atoms with Crippen LogP contribution in [0, 0.1) is 11.3 Å². The summed E-state index contributed by atoms with van der Waals surface area (Å²) in [7, 11) is 1.85. The van der Waals surface area contributed by atoms with Gasteiger partial charge >= 0.3 is 0 Å². The zero-order valence-corrected chi connectivity index (χ0v) is 11.5. The first-order valence-electron chi connectivity index (χ1n) is 5.81. The molecule has 0 radical (unpaired) electrons. The Hall–Kier alpha value is -1.73. The highest BCUT2D eigenvalue weighted by Crippen LogP contribution is 2.26. The summed E-state index contributed by atoms with van der Waals surface area (Å²) >= 11 is 1.84. The van der Waals surface area contributed by atoms with E-state index in [1.54, 1.807) is 4.68 Å². The minimum Gasteiger partial charge on any atom is -0.267 e. The summed E-state index contributed by atoms with van der Waals surface area (Å²) in [5.41, 5.74) is 2.50. The monoisotopic (exact) mass is 257 g/mol. The smallest absolute Gasteiger partial charge is 0.163 e. The van der Waals surface area contributed by atoms with Gasteiger partial charge in [-0.15, -0.1) is 11.8 Å². The van der Waals surface area contributed by atoms with Crippen molar-refractivity contribution in [2.45, 2.75) is 24.0 Å². The fraction of sp³-hybridized carbons (Fsp3) is 0.286. The van der Waals surface area contributed by atoms with Gasteiger partial charge in [-0.05, 0) is 17.7 Å². The van der Waals surface area contributed by atoms with E-state index in [-0.39, 0.29) is 0 Å². The maximum absolute atomic E-state index is 8.84. The standard InChI is InChI=1S/C14H15N3S/c1-10(2)18-13-6-4-11(5-7-13)14-8-12(9-15)16-17(14)3/h4-8,10H,1-3H3. The molecule has 92 valence electrons. The fourth-order valence-electron chi connectivity index (χ4n) is 1.77. The van der Waals surface area contributed by atoms with Crippen molar-refractivity contribution < 1.29 is 0 Å². The molecule has 0 atom stereocenters. The fourth-order valence-corrected chi connectivity index (χ4v) is 2.61. The van der Waals surface area contributed by atoms with Gasteiger partial charge in [0, 0.05) is 23.3 Å². The van der Waals surface area contributed by atoms with Gasteiger partial charge in [-0.1, -0.05) is 26.0 Å². The lowest BCUT2D eigenvalue weighted by Gasteiger charge is -2.06. The zero-order chi connectivity index (χ0) is 13.1. The van der Waals surface area contributed by atoms with Crippen LogP contribution in [-0.4, -0.2) is 15.0 Å². The molecule has 1 aromatic heterocycles. The van der Waals surface area contributed by atoms with Crippen LogP contribution in [0.1, 0.15) is 19.5 Å². The van der Waals surface area contributed by atoms with Crippen LogP contribution >= 0.6 is 11.8 Å². The van der Waals surface area contributed by atoms with Crippen LogP contribution in [0.3, 0.4) is 0 Å². The SMILES string of the molecule is CC(C)Sc1ccc(-c2cc(C#N)nn2C)cc1. The predicted molar refractivity (Wildman–Crippen MR) is 74.4 cm³/mol. The molecule has 0 amide bonds. The highest BCUT2D eigenvalue weighted by atomic mass is 32.2. The number of nitriles is 1. The molecule has 0 saturated carbocycles. The highest BCUT2D eigenvalue weighted by Gasteiger charge is 2.07. The first-order valence-corrected chi connectivity index (χ1v) is 6.69. The minimum absolute atomic E-state index is 0.452. The summed E-state index contributed by atoms with van der Waals surface area (Å²) in [5.74, 6) is 0. The number of aromatic nitrogens is 2. The molecule has 1 heterocycles. The lowest BCUT2D eigenvalue weighted by atomic mass is 10.1. The second-order valence-electron chi connectivity index (χ2n) is 4.34. The Bertz CT molecular complexity index is 576. The van der Waals surface area contributed by atoms with Crippen LogP contribution < -0.4 is 0 Å². The second-order valence-corrected chi connectivity index (χ2v) is 5.99. The summed E-state index contributed by atoms with van der Waals surface area (Å²) in [5, 5.41) is 13.5. The van der Waals surface area contributed by atoms with Crippen molar-refractivity contribution in [1.29, 1.82) is 5.26 Å². The maximum atomic E-state index is 8.84. The number of rotatable bonds is 3. The minimum atomic E-state index is 0.452. The molecule has 2 aromatic rings. The zero-order valence-electron chi connectivity index (χ0n) is 10.7. The van der Waals surface area contributed by atoms with Crippen LogP contribution in [0.5, 0.6) is 0 Å². The van der Waals surface area contributed by atoms with E-state index in [2.05, 4.69) is 49.3 Å². The molecule has 0 saturated heterocycles. The van der Waals surface area contributed by atoms with E-state index in [4.69, 9.17) is 5.26 Å². The Kier molecular flexibility index (Phi) is 3.73. The number of hydrogen-bond donors (Lipinski definition) is 0. The van der Waals surface area contributed by atoms with Gasteiger partial charge in [-0.3, -0.25) is 4.68 Å². The third-order valence-electron chi connectivity index (χ3n) is 2.52. The third-order valence-corrected chi connectivity index (χ3v) is 3.53. The highest BCUT2D eigenvalue weighted by molar-refractivity contribution is 7.99. The molecule has 0 spiro atoms. The quantitative estimate of drug-likeness (QED) is 0.791. The number of hydrogen-bond acceptors (Lipinski definition) is 3. The van der Waals surface area contributed by atoms with E-state index in [1.807, 2.05) is 24.9 Å². The molecule has 1 aromatic carbocycles. The maximum Gasteiger partial charge on any atom is 0.163 e. The van der Waals surface area contributed by atoms with Gasteiger partial charge < -0.3 is 0 Å². The summed E-state index contributed by atoms with van der Waals surface area (Å²) < 4.78 is 1.74. The van der Waals surface area contributed by atoms with Crippen molar-refractivity contribution in [3.63, 3.8) is 0 Å². The molecule has 4 heteroatoms. The average molecular weight is 257 g/mol.